The minimum atomic E-state index is -5.08. The van der Waals surface area contributed by atoms with Crippen LogP contribution in [0.5, 0.6) is 0 Å². The second-order valence-electron chi connectivity index (χ2n) is 8.85. The highest BCUT2D eigenvalue weighted by atomic mass is 32.2. The molecule has 0 N–H and O–H groups in total. The Bertz CT molecular complexity index is 1240. The zero-order valence-corrected chi connectivity index (χ0v) is 20.0. The van der Waals surface area contributed by atoms with Gasteiger partial charge in [-0.2, -0.15) is 34.8 Å². The summed E-state index contributed by atoms with van der Waals surface area (Å²) in [5.74, 6) is -2.98. The van der Waals surface area contributed by atoms with Gasteiger partial charge >= 0.3 is 12.4 Å². The Hall–Kier alpha value is -2.74. The van der Waals surface area contributed by atoms with Crippen molar-refractivity contribution < 1.29 is 52.5 Å². The van der Waals surface area contributed by atoms with E-state index in [2.05, 4.69) is 0 Å². The lowest BCUT2D eigenvalue weighted by Gasteiger charge is -2.43. The van der Waals surface area contributed by atoms with Crippen LogP contribution >= 0.6 is 0 Å². The number of amides is 1. The second-order valence-corrected chi connectivity index (χ2v) is 10.5. The molecule has 14 heteroatoms. The van der Waals surface area contributed by atoms with Gasteiger partial charge in [0.15, 0.2) is 11.6 Å². The summed E-state index contributed by atoms with van der Waals surface area (Å²) >= 11 is 0. The van der Waals surface area contributed by atoms with Crippen molar-refractivity contribution >= 4 is 16.0 Å². The lowest BCUT2D eigenvalue weighted by molar-refractivity contribution is -0.143. The Balaban J connectivity index is 2.00. The first-order chi connectivity index (χ1) is 16.9. The summed E-state index contributed by atoms with van der Waals surface area (Å²) in [6, 6.07) is 3.88. The number of hydrogen-bond acceptors (Lipinski definition) is 4. The highest BCUT2D eigenvalue weighted by molar-refractivity contribution is 7.85. The molecule has 1 aliphatic heterocycles. The zero-order chi connectivity index (χ0) is 27.8. The van der Waals surface area contributed by atoms with Gasteiger partial charge in [0.2, 0.25) is 5.91 Å². The topological polar surface area (TPSA) is 63.7 Å². The summed E-state index contributed by atoms with van der Waals surface area (Å²) in [6.07, 6.45) is -9.70. The standard InChI is InChI=1S/C23H21F8NO4S/c1-37(34,35)36-7-6-21(15-2-3-18(24)19(25)11-15)5-4-20(33)32(13-21)12-14-8-16(22(26,27)28)10-17(9-14)23(29,30)31/h2-3,8-11H,4-7,12-13H2,1H3. The van der Waals surface area contributed by atoms with E-state index < -0.39 is 75.3 Å². The predicted molar refractivity (Wildman–Crippen MR) is 115 cm³/mol. The summed E-state index contributed by atoms with van der Waals surface area (Å²) in [4.78, 5) is 13.7. The highest BCUT2D eigenvalue weighted by Crippen LogP contribution is 2.40. The smallest absolute Gasteiger partial charge is 0.337 e. The summed E-state index contributed by atoms with van der Waals surface area (Å²) in [6.45, 7) is -1.37. The van der Waals surface area contributed by atoms with Crippen LogP contribution in [-0.2, 0) is 43.4 Å². The number of nitrogens with zero attached hydrogens (tertiary/aromatic N) is 1. The van der Waals surface area contributed by atoms with Crippen LogP contribution in [0.25, 0.3) is 0 Å². The lowest BCUT2D eigenvalue weighted by atomic mass is 9.71. The lowest BCUT2D eigenvalue weighted by Crippen LogP contribution is -2.49. The van der Waals surface area contributed by atoms with Crippen LogP contribution in [0.2, 0.25) is 0 Å². The van der Waals surface area contributed by atoms with Crippen molar-refractivity contribution in [2.24, 2.45) is 0 Å². The van der Waals surface area contributed by atoms with Crippen molar-refractivity contribution in [2.75, 3.05) is 19.4 Å². The molecule has 0 aromatic heterocycles. The first-order valence-corrected chi connectivity index (χ1v) is 12.6. The molecule has 0 radical (unpaired) electrons. The first kappa shape index (κ1) is 28.8. The van der Waals surface area contributed by atoms with Gasteiger partial charge in [-0.05, 0) is 54.3 Å². The van der Waals surface area contributed by atoms with Crippen LogP contribution in [0, 0.1) is 11.6 Å². The molecule has 0 bridgehead atoms. The third-order valence-electron chi connectivity index (χ3n) is 6.09. The summed E-state index contributed by atoms with van der Waals surface area (Å²) in [7, 11) is -3.89. The van der Waals surface area contributed by atoms with Gasteiger partial charge in [-0.3, -0.25) is 8.98 Å². The van der Waals surface area contributed by atoms with Crippen molar-refractivity contribution in [1.29, 1.82) is 0 Å². The molecule has 1 fully saturated rings. The van der Waals surface area contributed by atoms with E-state index in [0.717, 1.165) is 23.3 Å². The number of halogens is 8. The normalized spacial score (nSPS) is 19.4. The monoisotopic (exact) mass is 559 g/mol. The van der Waals surface area contributed by atoms with Crippen LogP contribution < -0.4 is 0 Å². The molecule has 0 spiro atoms. The second kappa shape index (κ2) is 10.2. The molecule has 2 aromatic carbocycles. The molecule has 1 atom stereocenters. The number of likely N-dealkylation sites (tertiary alicyclic amines) is 1. The predicted octanol–water partition coefficient (Wildman–Crippen LogP) is 5.43. The van der Waals surface area contributed by atoms with Crippen LogP contribution in [-0.4, -0.2) is 38.6 Å². The van der Waals surface area contributed by atoms with E-state index in [1.54, 1.807) is 0 Å². The van der Waals surface area contributed by atoms with E-state index in [0.29, 0.717) is 12.1 Å². The molecule has 204 valence electrons. The molecule has 37 heavy (non-hydrogen) atoms. The third-order valence-corrected chi connectivity index (χ3v) is 6.69. The maximum Gasteiger partial charge on any atom is 0.416 e. The number of carbonyl (C=O) groups is 1. The minimum absolute atomic E-state index is 0.0247. The average molecular weight is 559 g/mol. The minimum Gasteiger partial charge on any atom is -0.337 e. The fourth-order valence-electron chi connectivity index (χ4n) is 4.31. The highest BCUT2D eigenvalue weighted by Gasteiger charge is 2.42. The Morgan fingerprint density at radius 3 is 2.05 bits per heavy atom. The van der Waals surface area contributed by atoms with E-state index in [4.69, 9.17) is 4.18 Å². The molecular weight excluding hydrogens is 538 g/mol. The fraction of sp³-hybridized carbons (Fsp3) is 0.435. The Morgan fingerprint density at radius 1 is 0.946 bits per heavy atom. The molecule has 3 rings (SSSR count). The van der Waals surface area contributed by atoms with Crippen LogP contribution in [0.15, 0.2) is 36.4 Å². The molecule has 5 nitrogen and oxygen atoms in total. The number of alkyl halides is 6. The van der Waals surface area contributed by atoms with Crippen LogP contribution in [0.1, 0.15) is 41.5 Å². The summed E-state index contributed by atoms with van der Waals surface area (Å²) < 4.78 is 135. The molecule has 0 saturated carbocycles. The summed E-state index contributed by atoms with van der Waals surface area (Å²) in [5, 5.41) is 0. The van der Waals surface area contributed by atoms with E-state index in [9.17, 15) is 48.3 Å². The number of rotatable bonds is 7. The zero-order valence-electron chi connectivity index (χ0n) is 19.2. The van der Waals surface area contributed by atoms with Gasteiger partial charge in [0.05, 0.1) is 24.0 Å². The van der Waals surface area contributed by atoms with Gasteiger partial charge < -0.3 is 4.90 Å². The van der Waals surface area contributed by atoms with E-state index in [-0.39, 0.29) is 37.4 Å². The van der Waals surface area contributed by atoms with Crippen molar-refractivity contribution in [3.63, 3.8) is 0 Å². The fourth-order valence-corrected chi connectivity index (χ4v) is 4.70. The Morgan fingerprint density at radius 2 is 1.54 bits per heavy atom. The SMILES string of the molecule is CS(=O)(=O)OCCC1(c2ccc(F)c(F)c2)CCC(=O)N(Cc2cc(C(F)(F)F)cc(C(F)(F)F)c2)C1. The number of piperidine rings is 1. The maximum atomic E-state index is 14.1. The van der Waals surface area contributed by atoms with Crippen LogP contribution in [0.3, 0.4) is 0 Å². The average Bonchev–Trinajstić information content (AvgIpc) is 2.75. The molecular formula is C23H21F8NO4S. The third kappa shape index (κ3) is 7.18. The van der Waals surface area contributed by atoms with Crippen LogP contribution in [0.4, 0.5) is 35.1 Å². The largest absolute Gasteiger partial charge is 0.416 e. The van der Waals surface area contributed by atoms with Crippen molar-refractivity contribution in [3.05, 3.63) is 70.3 Å². The van der Waals surface area contributed by atoms with Gasteiger partial charge in [-0.15, -0.1) is 0 Å². The number of benzene rings is 2. The van der Waals surface area contributed by atoms with E-state index in [1.165, 1.54) is 6.07 Å². The van der Waals surface area contributed by atoms with Gasteiger partial charge in [0.25, 0.3) is 10.1 Å². The molecule has 1 unspecified atom stereocenters. The summed E-state index contributed by atoms with van der Waals surface area (Å²) in [5.41, 5.74) is -4.59. The molecule has 1 aliphatic rings. The van der Waals surface area contributed by atoms with E-state index in [1.807, 2.05) is 0 Å². The Kier molecular flexibility index (Phi) is 7.94. The van der Waals surface area contributed by atoms with Crippen molar-refractivity contribution in [1.82, 2.24) is 4.90 Å². The van der Waals surface area contributed by atoms with Crippen molar-refractivity contribution in [3.8, 4) is 0 Å². The molecule has 0 aliphatic carbocycles. The van der Waals surface area contributed by atoms with Gasteiger partial charge in [-0.25, -0.2) is 8.78 Å². The Labute approximate surface area is 207 Å². The first-order valence-electron chi connectivity index (χ1n) is 10.8. The number of carbonyl (C=O) groups excluding carboxylic acids is 1. The molecule has 1 heterocycles. The number of hydrogen-bond donors (Lipinski definition) is 0. The van der Waals surface area contributed by atoms with Gasteiger partial charge in [-0.1, -0.05) is 6.07 Å². The molecule has 1 saturated heterocycles. The van der Waals surface area contributed by atoms with Gasteiger partial charge in [0, 0.05) is 24.9 Å². The molecule has 1 amide bonds. The van der Waals surface area contributed by atoms with E-state index >= 15 is 0 Å². The maximum absolute atomic E-state index is 14.1. The quantitative estimate of drug-likeness (QED) is 0.336. The molecule has 2 aromatic rings. The van der Waals surface area contributed by atoms with Gasteiger partial charge in [0.1, 0.15) is 0 Å². The van der Waals surface area contributed by atoms with Crippen molar-refractivity contribution in [2.45, 2.75) is 43.6 Å².